The lowest BCUT2D eigenvalue weighted by atomic mass is 10.2. The molecule has 1 aromatic rings. The SMILES string of the molecule is C/C=C/COc1c(F)cccc1CNCCOC. The van der Waals surface area contributed by atoms with Gasteiger partial charge in [-0.2, -0.15) is 0 Å². The average molecular weight is 253 g/mol. The second-order valence-electron chi connectivity index (χ2n) is 3.78. The molecule has 0 atom stereocenters. The van der Waals surface area contributed by atoms with E-state index in [1.54, 1.807) is 13.2 Å². The molecule has 0 aliphatic heterocycles. The van der Waals surface area contributed by atoms with Crippen molar-refractivity contribution in [3.05, 3.63) is 41.7 Å². The maximum Gasteiger partial charge on any atom is 0.165 e. The van der Waals surface area contributed by atoms with Gasteiger partial charge in [0.15, 0.2) is 11.6 Å². The number of ether oxygens (including phenoxy) is 2. The van der Waals surface area contributed by atoms with Gasteiger partial charge >= 0.3 is 0 Å². The Kier molecular flexibility index (Phi) is 7.06. The van der Waals surface area contributed by atoms with Crippen LogP contribution >= 0.6 is 0 Å². The van der Waals surface area contributed by atoms with Gasteiger partial charge in [0, 0.05) is 25.8 Å². The van der Waals surface area contributed by atoms with Gasteiger partial charge < -0.3 is 14.8 Å². The Morgan fingerprint density at radius 3 is 2.94 bits per heavy atom. The molecule has 1 N–H and O–H groups in total. The Balaban J connectivity index is 2.61. The summed E-state index contributed by atoms with van der Waals surface area (Å²) >= 11 is 0. The molecule has 4 heteroatoms. The molecule has 0 saturated heterocycles. The number of halogens is 1. The highest BCUT2D eigenvalue weighted by atomic mass is 19.1. The quantitative estimate of drug-likeness (QED) is 0.570. The van der Waals surface area contributed by atoms with E-state index in [1.807, 2.05) is 25.1 Å². The lowest BCUT2D eigenvalue weighted by Crippen LogP contribution is -2.19. The van der Waals surface area contributed by atoms with E-state index in [0.29, 0.717) is 25.5 Å². The third-order valence-electron chi connectivity index (χ3n) is 2.41. The summed E-state index contributed by atoms with van der Waals surface area (Å²) in [7, 11) is 1.65. The van der Waals surface area contributed by atoms with Gasteiger partial charge in [-0.1, -0.05) is 24.3 Å². The number of hydrogen-bond acceptors (Lipinski definition) is 3. The largest absolute Gasteiger partial charge is 0.486 e. The summed E-state index contributed by atoms with van der Waals surface area (Å²) in [5, 5.41) is 3.17. The summed E-state index contributed by atoms with van der Waals surface area (Å²) in [4.78, 5) is 0. The van der Waals surface area contributed by atoms with Gasteiger partial charge in [0.2, 0.25) is 0 Å². The van der Waals surface area contributed by atoms with Crippen LogP contribution in [0.15, 0.2) is 30.4 Å². The highest BCUT2D eigenvalue weighted by molar-refractivity contribution is 5.35. The lowest BCUT2D eigenvalue weighted by molar-refractivity contribution is 0.199. The van der Waals surface area contributed by atoms with E-state index in [0.717, 1.165) is 12.1 Å². The van der Waals surface area contributed by atoms with Crippen LogP contribution < -0.4 is 10.1 Å². The number of methoxy groups -OCH3 is 1. The van der Waals surface area contributed by atoms with Gasteiger partial charge in [-0.15, -0.1) is 0 Å². The first-order chi connectivity index (χ1) is 8.79. The van der Waals surface area contributed by atoms with E-state index in [-0.39, 0.29) is 5.82 Å². The first kappa shape index (κ1) is 14.7. The molecule has 100 valence electrons. The third kappa shape index (κ3) is 4.85. The Bertz CT molecular complexity index is 380. The molecule has 0 fully saturated rings. The van der Waals surface area contributed by atoms with E-state index in [1.165, 1.54) is 6.07 Å². The molecule has 1 aromatic carbocycles. The number of benzene rings is 1. The zero-order valence-electron chi connectivity index (χ0n) is 10.9. The first-order valence-corrected chi connectivity index (χ1v) is 6.00. The second-order valence-corrected chi connectivity index (χ2v) is 3.78. The van der Waals surface area contributed by atoms with Crippen LogP contribution in [-0.2, 0) is 11.3 Å². The predicted octanol–water partition coefficient (Wildman–Crippen LogP) is 2.52. The molecule has 0 aliphatic rings. The van der Waals surface area contributed by atoms with Crippen molar-refractivity contribution >= 4 is 0 Å². The van der Waals surface area contributed by atoms with Crippen molar-refractivity contribution in [1.82, 2.24) is 5.32 Å². The Labute approximate surface area is 108 Å². The van der Waals surface area contributed by atoms with Gasteiger partial charge in [-0.25, -0.2) is 4.39 Å². The van der Waals surface area contributed by atoms with Crippen LogP contribution in [0.1, 0.15) is 12.5 Å². The maximum absolute atomic E-state index is 13.7. The predicted molar refractivity (Wildman–Crippen MR) is 70.3 cm³/mol. The van der Waals surface area contributed by atoms with Crippen molar-refractivity contribution in [2.75, 3.05) is 26.9 Å². The average Bonchev–Trinajstić information content (AvgIpc) is 2.37. The van der Waals surface area contributed by atoms with Crippen LogP contribution in [0.2, 0.25) is 0 Å². The molecular weight excluding hydrogens is 233 g/mol. The molecule has 1 rings (SSSR count). The summed E-state index contributed by atoms with van der Waals surface area (Å²) in [5.74, 6) is -0.00828. The zero-order chi connectivity index (χ0) is 13.2. The van der Waals surface area contributed by atoms with Gasteiger partial charge in [-0.05, 0) is 13.0 Å². The fraction of sp³-hybridized carbons (Fsp3) is 0.429. The molecule has 3 nitrogen and oxygen atoms in total. The van der Waals surface area contributed by atoms with Crippen LogP contribution in [0.3, 0.4) is 0 Å². The van der Waals surface area contributed by atoms with E-state index < -0.39 is 0 Å². The van der Waals surface area contributed by atoms with E-state index in [2.05, 4.69) is 5.32 Å². The number of rotatable bonds is 8. The molecule has 0 aliphatic carbocycles. The summed E-state index contributed by atoms with van der Waals surface area (Å²) in [6.45, 7) is 4.19. The smallest absolute Gasteiger partial charge is 0.165 e. The minimum atomic E-state index is -0.328. The standard InChI is InChI=1S/C14H20FNO2/c1-3-4-9-18-14-12(6-5-7-13(14)15)11-16-8-10-17-2/h3-7,16H,8-11H2,1-2H3/b4-3+. The van der Waals surface area contributed by atoms with Crippen LogP contribution in [-0.4, -0.2) is 26.9 Å². The molecule has 0 unspecified atom stereocenters. The normalized spacial score (nSPS) is 11.1. The number of hydrogen-bond donors (Lipinski definition) is 1. The zero-order valence-corrected chi connectivity index (χ0v) is 10.9. The number of allylic oxidation sites excluding steroid dienone is 1. The second kappa shape index (κ2) is 8.66. The van der Waals surface area contributed by atoms with Crippen molar-refractivity contribution in [1.29, 1.82) is 0 Å². The fourth-order valence-electron chi connectivity index (χ4n) is 1.48. The van der Waals surface area contributed by atoms with Gasteiger partial charge in [0.25, 0.3) is 0 Å². The Morgan fingerprint density at radius 2 is 2.22 bits per heavy atom. The van der Waals surface area contributed by atoms with Crippen LogP contribution in [0, 0.1) is 5.82 Å². The molecule has 0 bridgehead atoms. The van der Waals surface area contributed by atoms with E-state index >= 15 is 0 Å². The summed E-state index contributed by atoms with van der Waals surface area (Å²) in [6, 6.07) is 4.95. The minimum absolute atomic E-state index is 0.320. The van der Waals surface area contributed by atoms with E-state index in [9.17, 15) is 4.39 Å². The van der Waals surface area contributed by atoms with Crippen molar-refractivity contribution in [2.45, 2.75) is 13.5 Å². The number of para-hydroxylation sites is 1. The molecule has 0 amide bonds. The lowest BCUT2D eigenvalue weighted by Gasteiger charge is -2.11. The highest BCUT2D eigenvalue weighted by Gasteiger charge is 2.08. The highest BCUT2D eigenvalue weighted by Crippen LogP contribution is 2.22. The van der Waals surface area contributed by atoms with Crippen molar-refractivity contribution in [2.24, 2.45) is 0 Å². The summed E-state index contributed by atoms with van der Waals surface area (Å²) in [6.07, 6.45) is 3.71. The third-order valence-corrected chi connectivity index (χ3v) is 2.41. The van der Waals surface area contributed by atoms with Crippen molar-refractivity contribution in [3.63, 3.8) is 0 Å². The molecule has 0 saturated carbocycles. The van der Waals surface area contributed by atoms with Crippen LogP contribution in [0.5, 0.6) is 5.75 Å². The molecule has 0 spiro atoms. The molecule has 0 heterocycles. The van der Waals surface area contributed by atoms with Crippen LogP contribution in [0.4, 0.5) is 4.39 Å². The van der Waals surface area contributed by atoms with E-state index in [4.69, 9.17) is 9.47 Å². The fourth-order valence-corrected chi connectivity index (χ4v) is 1.48. The first-order valence-electron chi connectivity index (χ1n) is 6.00. The van der Waals surface area contributed by atoms with Crippen molar-refractivity contribution in [3.8, 4) is 5.75 Å². The maximum atomic E-state index is 13.7. The monoisotopic (exact) mass is 253 g/mol. The number of nitrogens with one attached hydrogen (secondary N) is 1. The Hall–Kier alpha value is -1.39. The topological polar surface area (TPSA) is 30.5 Å². The molecule has 18 heavy (non-hydrogen) atoms. The van der Waals surface area contributed by atoms with Gasteiger partial charge in [0.1, 0.15) is 6.61 Å². The minimum Gasteiger partial charge on any atom is -0.486 e. The molecule has 0 aromatic heterocycles. The van der Waals surface area contributed by atoms with Gasteiger partial charge in [0.05, 0.1) is 6.61 Å². The summed E-state index contributed by atoms with van der Waals surface area (Å²) in [5.41, 5.74) is 0.815. The van der Waals surface area contributed by atoms with Crippen molar-refractivity contribution < 1.29 is 13.9 Å². The van der Waals surface area contributed by atoms with Gasteiger partial charge in [-0.3, -0.25) is 0 Å². The molecule has 0 radical (unpaired) electrons. The van der Waals surface area contributed by atoms with Crippen LogP contribution in [0.25, 0.3) is 0 Å². The Morgan fingerprint density at radius 1 is 1.39 bits per heavy atom. The summed E-state index contributed by atoms with van der Waals surface area (Å²) < 4.78 is 24.0. The molecular formula is C14H20FNO2.